The molecular weight excluding hydrogens is 538 g/mol. The normalized spacial score (nSPS) is 37.9. The van der Waals surface area contributed by atoms with E-state index in [0.29, 0.717) is 52.8 Å². The van der Waals surface area contributed by atoms with Crippen LogP contribution in [0.2, 0.25) is 0 Å². The number of fused-ring (bicyclic) bond motifs is 8. The van der Waals surface area contributed by atoms with E-state index < -0.39 is 0 Å². The van der Waals surface area contributed by atoms with Crippen molar-refractivity contribution in [3.63, 3.8) is 0 Å². The summed E-state index contributed by atoms with van der Waals surface area (Å²) >= 11 is 0. The van der Waals surface area contributed by atoms with Crippen LogP contribution in [0.3, 0.4) is 0 Å². The summed E-state index contributed by atoms with van der Waals surface area (Å²) in [5.74, 6) is 4.50. The lowest BCUT2D eigenvalue weighted by molar-refractivity contribution is -0.272. The number of hydrogen-bond donors (Lipinski definition) is 1. The molecule has 1 spiro atoms. The maximum atomic E-state index is 13.0. The Morgan fingerprint density at radius 1 is 1.07 bits per heavy atom. The number of nitrogens with one attached hydrogen (secondary N) is 1. The number of carbonyl (C=O) groups excluding carboxylic acids is 1. The molecule has 3 heterocycles. The average molecular weight is 584 g/mol. The second-order valence-corrected chi connectivity index (χ2v) is 14.7. The number of aromatic nitrogens is 1. The number of rotatable bonds is 4. The molecule has 0 bridgehead atoms. The molecule has 4 fully saturated rings. The number of methoxy groups -OCH3 is 1. The van der Waals surface area contributed by atoms with E-state index in [-0.39, 0.29) is 18.2 Å². The molecule has 2 aliphatic heterocycles. The minimum absolute atomic E-state index is 0.212. The highest BCUT2D eigenvalue weighted by atomic mass is 16.7. The van der Waals surface area contributed by atoms with Crippen LogP contribution >= 0.6 is 0 Å². The molecule has 43 heavy (non-hydrogen) atoms. The summed E-state index contributed by atoms with van der Waals surface area (Å²) in [6.07, 6.45) is 10.6. The monoisotopic (exact) mass is 583 g/mol. The summed E-state index contributed by atoms with van der Waals surface area (Å²) in [4.78, 5) is 16.2. The Bertz CT molecular complexity index is 1550. The lowest BCUT2D eigenvalue weighted by atomic mass is 9.53. The predicted molar refractivity (Wildman–Crippen MR) is 165 cm³/mol. The number of esters is 1. The zero-order valence-corrected chi connectivity index (χ0v) is 26.0. The van der Waals surface area contributed by atoms with E-state index in [1.165, 1.54) is 43.2 Å². The summed E-state index contributed by atoms with van der Waals surface area (Å²) < 4.78 is 24.7. The van der Waals surface area contributed by atoms with Gasteiger partial charge in [-0.2, -0.15) is 0 Å². The van der Waals surface area contributed by atoms with Crippen molar-refractivity contribution < 1.29 is 23.7 Å². The van der Waals surface area contributed by atoms with Crippen LogP contribution in [0.25, 0.3) is 10.9 Å². The number of benzene rings is 2. The highest BCUT2D eigenvalue weighted by Gasteiger charge is 2.67. The summed E-state index contributed by atoms with van der Waals surface area (Å²) in [6.45, 7) is 8.14. The quantitative estimate of drug-likeness (QED) is 0.253. The fraction of sp³-hybridized carbons (Fsp3) is 0.595. The van der Waals surface area contributed by atoms with Crippen molar-refractivity contribution in [2.45, 2.75) is 89.9 Å². The zero-order chi connectivity index (χ0) is 29.5. The Morgan fingerprint density at radius 2 is 1.93 bits per heavy atom. The van der Waals surface area contributed by atoms with Crippen LogP contribution in [0.5, 0.6) is 11.5 Å². The molecule has 0 unspecified atom stereocenters. The molecule has 228 valence electrons. The maximum Gasteiger partial charge on any atom is 0.315 e. The fourth-order valence-electron chi connectivity index (χ4n) is 10.4. The van der Waals surface area contributed by atoms with E-state index in [4.69, 9.17) is 18.9 Å². The molecule has 2 saturated heterocycles. The van der Waals surface area contributed by atoms with Gasteiger partial charge in [0.25, 0.3) is 0 Å². The molecule has 1 aromatic heterocycles. The first-order valence-electron chi connectivity index (χ1n) is 16.6. The van der Waals surface area contributed by atoms with Crippen LogP contribution in [-0.2, 0) is 27.1 Å². The number of ether oxygens (including phenoxy) is 4. The minimum atomic E-state index is -0.346. The zero-order valence-electron chi connectivity index (χ0n) is 26.0. The van der Waals surface area contributed by atoms with Crippen LogP contribution in [0.1, 0.15) is 81.9 Å². The Kier molecular flexibility index (Phi) is 6.51. The lowest BCUT2D eigenvalue weighted by Crippen LogP contribution is -2.48. The first-order valence-corrected chi connectivity index (χ1v) is 16.6. The van der Waals surface area contributed by atoms with Gasteiger partial charge in [0.15, 0.2) is 5.79 Å². The smallest absolute Gasteiger partial charge is 0.315 e. The molecule has 3 aromatic rings. The van der Waals surface area contributed by atoms with Crippen molar-refractivity contribution in [2.75, 3.05) is 13.7 Å². The molecule has 3 aliphatic carbocycles. The maximum absolute atomic E-state index is 13.0. The van der Waals surface area contributed by atoms with Crippen LogP contribution in [0.15, 0.2) is 42.6 Å². The van der Waals surface area contributed by atoms with Gasteiger partial charge in [0, 0.05) is 29.4 Å². The number of hydrogen-bond acceptors (Lipinski definition) is 5. The first-order chi connectivity index (χ1) is 20.8. The minimum Gasteiger partial charge on any atom is -0.497 e. The van der Waals surface area contributed by atoms with Gasteiger partial charge in [0.05, 0.1) is 26.2 Å². The molecule has 2 aromatic carbocycles. The topological polar surface area (TPSA) is 69.8 Å². The Morgan fingerprint density at radius 3 is 2.74 bits per heavy atom. The van der Waals surface area contributed by atoms with Gasteiger partial charge in [0.1, 0.15) is 11.5 Å². The van der Waals surface area contributed by atoms with E-state index in [9.17, 15) is 4.79 Å². The van der Waals surface area contributed by atoms with E-state index >= 15 is 0 Å². The van der Waals surface area contributed by atoms with Crippen molar-refractivity contribution in [3.8, 4) is 11.5 Å². The Labute approximate surface area is 254 Å². The van der Waals surface area contributed by atoms with Gasteiger partial charge in [-0.15, -0.1) is 0 Å². The molecule has 5 aliphatic rings. The molecule has 2 saturated carbocycles. The van der Waals surface area contributed by atoms with Crippen LogP contribution < -0.4 is 9.47 Å². The molecule has 6 heteroatoms. The second kappa shape index (κ2) is 10.1. The Hall–Kier alpha value is -2.83. The molecule has 9 atom stereocenters. The van der Waals surface area contributed by atoms with Crippen molar-refractivity contribution >= 4 is 16.9 Å². The second-order valence-electron chi connectivity index (χ2n) is 14.7. The highest BCUT2D eigenvalue weighted by molar-refractivity contribution is 5.88. The average Bonchev–Trinajstić information content (AvgIpc) is 3.63. The van der Waals surface area contributed by atoms with Crippen molar-refractivity contribution in [3.05, 3.63) is 59.3 Å². The van der Waals surface area contributed by atoms with Crippen LogP contribution in [0.4, 0.5) is 0 Å². The number of aromatic amines is 1. The van der Waals surface area contributed by atoms with E-state index in [1.54, 1.807) is 7.11 Å². The molecule has 6 nitrogen and oxygen atoms in total. The van der Waals surface area contributed by atoms with Crippen LogP contribution in [0, 0.1) is 35.0 Å². The van der Waals surface area contributed by atoms with Gasteiger partial charge in [0.2, 0.25) is 0 Å². The number of aryl methyl sites for hydroxylation is 1. The summed E-state index contributed by atoms with van der Waals surface area (Å²) in [7, 11) is 1.65. The van der Waals surface area contributed by atoms with Crippen LogP contribution in [-0.4, -0.2) is 36.6 Å². The van der Waals surface area contributed by atoms with E-state index in [2.05, 4.69) is 37.9 Å². The molecule has 0 amide bonds. The third kappa shape index (κ3) is 4.30. The number of H-pyrrole nitrogens is 1. The van der Waals surface area contributed by atoms with Gasteiger partial charge >= 0.3 is 5.97 Å². The first kappa shape index (κ1) is 27.7. The molecule has 0 radical (unpaired) electrons. The summed E-state index contributed by atoms with van der Waals surface area (Å²) in [5, 5.41) is 0.990. The standard InChI is InChI=1S/C37H45NO5/c1-21-11-14-37(41-20-21)22(2)35-33(43-37)18-31-29-8-5-23-15-26(6-9-27(23)28(29)12-13-36(31,35)3)42-34(39)16-24-19-38-32-10-7-25(40-4)17-30(24)32/h6-7,9-10,15,17,19,21-22,28-29,31,33,35,38H,5,8,11-14,16,18,20H2,1-4H3/t21-,22+,28-,29-,31+,33+,35+,36+,37-/m1/s1. The molecular formula is C37H45NO5. The van der Waals surface area contributed by atoms with Crippen molar-refractivity contribution in [1.82, 2.24) is 4.98 Å². The highest BCUT2D eigenvalue weighted by Crippen LogP contribution is 2.69. The van der Waals surface area contributed by atoms with Crippen molar-refractivity contribution in [2.24, 2.45) is 35.0 Å². The lowest BCUT2D eigenvalue weighted by Gasteiger charge is -2.52. The summed E-state index contributed by atoms with van der Waals surface area (Å²) in [6, 6.07) is 12.3. The predicted octanol–water partition coefficient (Wildman–Crippen LogP) is 7.58. The van der Waals surface area contributed by atoms with E-state index in [0.717, 1.165) is 41.7 Å². The van der Waals surface area contributed by atoms with Crippen molar-refractivity contribution in [1.29, 1.82) is 0 Å². The summed E-state index contributed by atoms with van der Waals surface area (Å²) in [5.41, 5.74) is 5.06. The van der Waals surface area contributed by atoms with E-state index in [1.807, 2.05) is 30.5 Å². The molecule has 8 rings (SSSR count). The SMILES string of the molecule is COc1ccc2[nH]cc(CC(=O)Oc3ccc4c(c3)CC[C@@H]3[C@@H]4CC[C@]4(C)[C@@H]5[C@H](C[C@@H]34)O[C@]3(CC[C@@H](C)CO3)[C@H]5C)c2c1. The van der Waals surface area contributed by atoms with Gasteiger partial charge in [-0.1, -0.05) is 26.8 Å². The van der Waals surface area contributed by atoms with Gasteiger partial charge in [-0.3, -0.25) is 4.79 Å². The molecule has 1 N–H and O–H groups in total. The van der Waals surface area contributed by atoms with Gasteiger partial charge in [-0.25, -0.2) is 0 Å². The largest absolute Gasteiger partial charge is 0.497 e. The Balaban J connectivity index is 0.966. The van der Waals surface area contributed by atoms with Gasteiger partial charge in [-0.05, 0) is 121 Å². The third-order valence-electron chi connectivity index (χ3n) is 12.5. The number of carbonyl (C=O) groups is 1. The van der Waals surface area contributed by atoms with Gasteiger partial charge < -0.3 is 23.9 Å². The fourth-order valence-corrected chi connectivity index (χ4v) is 10.4. The third-order valence-corrected chi connectivity index (χ3v) is 12.5.